The summed E-state index contributed by atoms with van der Waals surface area (Å²) in [5, 5.41) is 10.7. The zero-order valence-corrected chi connectivity index (χ0v) is 15.2. The molecule has 1 fully saturated rings. The minimum atomic E-state index is -0.771. The molecule has 1 aromatic rings. The third-order valence-electron chi connectivity index (χ3n) is 3.72. The van der Waals surface area contributed by atoms with Gasteiger partial charge in [-0.1, -0.05) is 12.2 Å². The van der Waals surface area contributed by atoms with Crippen LogP contribution in [0.3, 0.4) is 0 Å². The second-order valence-electron chi connectivity index (χ2n) is 7.38. The van der Waals surface area contributed by atoms with E-state index in [0.29, 0.717) is 6.61 Å². The van der Waals surface area contributed by atoms with E-state index in [4.69, 9.17) is 9.47 Å². The lowest BCUT2D eigenvalue weighted by Crippen LogP contribution is -2.49. The first kappa shape index (κ1) is 18.9. The molecular formula is C18H24N2O5. The highest BCUT2D eigenvalue weighted by Gasteiger charge is 2.44. The van der Waals surface area contributed by atoms with E-state index in [1.165, 1.54) is 12.1 Å². The predicted octanol–water partition coefficient (Wildman–Crippen LogP) is 3.98. The van der Waals surface area contributed by atoms with Gasteiger partial charge in [-0.2, -0.15) is 0 Å². The number of carbonyl (C=O) groups is 1. The molecule has 0 bridgehead atoms. The van der Waals surface area contributed by atoms with Gasteiger partial charge < -0.3 is 9.47 Å². The fraction of sp³-hybridized carbons (Fsp3) is 0.500. The molecule has 0 spiro atoms. The molecule has 1 atom stereocenters. The SMILES string of the molecule is CC(C)(C)OC(=O)N1[C@H](/C=C/c2ccc([N+](=O)[O-])cc2)COC1(C)C. The smallest absolute Gasteiger partial charge is 0.413 e. The first-order valence-electron chi connectivity index (χ1n) is 8.08. The fourth-order valence-electron chi connectivity index (χ4n) is 2.57. The standard InChI is InChI=1S/C18H24N2O5/c1-17(2,3)25-16(21)19-15(12-24-18(19,4)5)11-8-13-6-9-14(10-7-13)20(22)23/h6-11,15H,12H2,1-5H3/b11-8+/t15-/m1/s1. The topological polar surface area (TPSA) is 81.9 Å². The number of nitro groups is 1. The number of hydrogen-bond acceptors (Lipinski definition) is 5. The number of ether oxygens (including phenoxy) is 2. The van der Waals surface area contributed by atoms with Crippen molar-refractivity contribution < 1.29 is 19.2 Å². The van der Waals surface area contributed by atoms with Crippen LogP contribution in [0.1, 0.15) is 40.2 Å². The average molecular weight is 348 g/mol. The Morgan fingerprint density at radius 2 is 1.96 bits per heavy atom. The third kappa shape index (κ3) is 4.79. The van der Waals surface area contributed by atoms with Crippen molar-refractivity contribution in [2.75, 3.05) is 6.61 Å². The van der Waals surface area contributed by atoms with Gasteiger partial charge in [0.1, 0.15) is 11.3 Å². The van der Waals surface area contributed by atoms with Crippen molar-refractivity contribution >= 4 is 17.9 Å². The maximum atomic E-state index is 12.5. The van der Waals surface area contributed by atoms with Crippen LogP contribution in [0.5, 0.6) is 0 Å². The van der Waals surface area contributed by atoms with Crippen molar-refractivity contribution in [3.63, 3.8) is 0 Å². The van der Waals surface area contributed by atoms with E-state index in [1.807, 2.05) is 46.8 Å². The molecule has 1 aliphatic heterocycles. The molecule has 7 heteroatoms. The number of benzene rings is 1. The molecule has 0 N–H and O–H groups in total. The van der Waals surface area contributed by atoms with Gasteiger partial charge in [0.05, 0.1) is 17.6 Å². The van der Waals surface area contributed by atoms with E-state index in [2.05, 4.69) is 0 Å². The number of amides is 1. The molecule has 1 saturated heterocycles. The lowest BCUT2D eigenvalue weighted by Gasteiger charge is -2.34. The molecular weight excluding hydrogens is 324 g/mol. The summed E-state index contributed by atoms with van der Waals surface area (Å²) in [5.74, 6) is 0. The highest BCUT2D eigenvalue weighted by atomic mass is 16.6. The van der Waals surface area contributed by atoms with Crippen LogP contribution in [0, 0.1) is 10.1 Å². The summed E-state index contributed by atoms with van der Waals surface area (Å²) in [7, 11) is 0. The molecule has 1 heterocycles. The molecule has 25 heavy (non-hydrogen) atoms. The zero-order chi connectivity index (χ0) is 18.8. The monoisotopic (exact) mass is 348 g/mol. The predicted molar refractivity (Wildman–Crippen MR) is 94.0 cm³/mol. The highest BCUT2D eigenvalue weighted by molar-refractivity contribution is 5.70. The van der Waals surface area contributed by atoms with Crippen LogP contribution in [0.25, 0.3) is 6.08 Å². The Morgan fingerprint density at radius 3 is 2.48 bits per heavy atom. The summed E-state index contributed by atoms with van der Waals surface area (Å²) in [6, 6.07) is 5.93. The van der Waals surface area contributed by atoms with Crippen LogP contribution in [-0.4, -0.2) is 39.9 Å². The number of nitrogens with zero attached hydrogens (tertiary/aromatic N) is 2. The Labute approximate surface area is 147 Å². The fourth-order valence-corrected chi connectivity index (χ4v) is 2.57. The van der Waals surface area contributed by atoms with Crippen molar-refractivity contribution in [2.24, 2.45) is 0 Å². The van der Waals surface area contributed by atoms with Gasteiger partial charge in [0, 0.05) is 12.1 Å². The summed E-state index contributed by atoms with van der Waals surface area (Å²) in [6.07, 6.45) is 3.23. The highest BCUT2D eigenvalue weighted by Crippen LogP contribution is 2.30. The maximum absolute atomic E-state index is 12.5. The van der Waals surface area contributed by atoms with Gasteiger partial charge in [-0.05, 0) is 52.3 Å². The van der Waals surface area contributed by atoms with Gasteiger partial charge in [-0.25, -0.2) is 4.79 Å². The van der Waals surface area contributed by atoms with Crippen molar-refractivity contribution in [2.45, 2.75) is 52.0 Å². The number of non-ortho nitro benzene ring substituents is 1. The molecule has 7 nitrogen and oxygen atoms in total. The Kier molecular flexibility index (Phi) is 5.17. The number of rotatable bonds is 3. The summed E-state index contributed by atoms with van der Waals surface area (Å²) in [5.41, 5.74) is -0.521. The lowest BCUT2D eigenvalue weighted by atomic mass is 10.1. The third-order valence-corrected chi connectivity index (χ3v) is 3.72. The Morgan fingerprint density at radius 1 is 1.36 bits per heavy atom. The van der Waals surface area contributed by atoms with Gasteiger partial charge in [0.25, 0.3) is 5.69 Å². The molecule has 0 saturated carbocycles. The van der Waals surface area contributed by atoms with Crippen molar-refractivity contribution in [1.29, 1.82) is 0 Å². The minimum Gasteiger partial charge on any atom is -0.444 e. The zero-order valence-electron chi connectivity index (χ0n) is 15.2. The first-order valence-corrected chi connectivity index (χ1v) is 8.08. The maximum Gasteiger partial charge on any atom is 0.413 e. The van der Waals surface area contributed by atoms with E-state index < -0.39 is 22.3 Å². The second-order valence-corrected chi connectivity index (χ2v) is 7.38. The van der Waals surface area contributed by atoms with E-state index >= 15 is 0 Å². The summed E-state index contributed by atoms with van der Waals surface area (Å²) in [4.78, 5) is 24.4. The largest absolute Gasteiger partial charge is 0.444 e. The van der Waals surface area contributed by atoms with Crippen LogP contribution in [0.4, 0.5) is 10.5 Å². The average Bonchev–Trinajstić information content (AvgIpc) is 2.78. The van der Waals surface area contributed by atoms with Crippen molar-refractivity contribution in [1.82, 2.24) is 4.90 Å². The molecule has 0 aliphatic carbocycles. The molecule has 0 aromatic heterocycles. The van der Waals surface area contributed by atoms with Crippen molar-refractivity contribution in [3.05, 3.63) is 46.0 Å². The Hall–Kier alpha value is -2.41. The van der Waals surface area contributed by atoms with Gasteiger partial charge in [-0.15, -0.1) is 0 Å². The molecule has 0 radical (unpaired) electrons. The quantitative estimate of drug-likeness (QED) is 0.609. The van der Waals surface area contributed by atoms with Crippen LogP contribution >= 0.6 is 0 Å². The number of nitro benzene ring substituents is 1. The van der Waals surface area contributed by atoms with E-state index in [0.717, 1.165) is 5.56 Å². The lowest BCUT2D eigenvalue weighted by molar-refractivity contribution is -0.384. The van der Waals surface area contributed by atoms with Gasteiger partial charge >= 0.3 is 6.09 Å². The van der Waals surface area contributed by atoms with Crippen molar-refractivity contribution in [3.8, 4) is 0 Å². The van der Waals surface area contributed by atoms with Crippen LogP contribution < -0.4 is 0 Å². The normalized spacial score (nSPS) is 20.0. The van der Waals surface area contributed by atoms with Gasteiger partial charge in [-0.3, -0.25) is 15.0 Å². The molecule has 2 rings (SSSR count). The van der Waals surface area contributed by atoms with E-state index in [1.54, 1.807) is 17.0 Å². The molecule has 0 unspecified atom stereocenters. The van der Waals surface area contributed by atoms with Gasteiger partial charge in [0.15, 0.2) is 0 Å². The van der Waals surface area contributed by atoms with Crippen LogP contribution in [0.15, 0.2) is 30.3 Å². The van der Waals surface area contributed by atoms with E-state index in [-0.39, 0.29) is 11.7 Å². The van der Waals surface area contributed by atoms with Crippen LogP contribution in [-0.2, 0) is 9.47 Å². The number of hydrogen-bond donors (Lipinski definition) is 0. The first-order chi connectivity index (χ1) is 11.5. The molecule has 1 aromatic carbocycles. The van der Waals surface area contributed by atoms with Gasteiger partial charge in [0.2, 0.25) is 0 Å². The Bertz CT molecular complexity index is 674. The molecule has 1 amide bonds. The second kappa shape index (κ2) is 6.84. The molecule has 1 aliphatic rings. The minimum absolute atomic E-state index is 0.0397. The van der Waals surface area contributed by atoms with Crippen LogP contribution in [0.2, 0.25) is 0 Å². The molecule has 136 valence electrons. The van der Waals surface area contributed by atoms with E-state index in [9.17, 15) is 14.9 Å². The summed E-state index contributed by atoms with van der Waals surface area (Å²) < 4.78 is 11.2. The Balaban J connectivity index is 2.16. The summed E-state index contributed by atoms with van der Waals surface area (Å²) in [6.45, 7) is 9.44. The number of carbonyl (C=O) groups excluding carboxylic acids is 1. The summed E-state index contributed by atoms with van der Waals surface area (Å²) >= 11 is 0.